The molecule has 1 nitrogen and oxygen atoms in total. The summed E-state index contributed by atoms with van der Waals surface area (Å²) in [6.45, 7) is 0. The lowest BCUT2D eigenvalue weighted by Gasteiger charge is -2.07. The maximum Gasteiger partial charge on any atom is 0.123 e. The van der Waals surface area contributed by atoms with Gasteiger partial charge in [-0.1, -0.05) is 0 Å². The third-order valence-electron chi connectivity index (χ3n) is 1.23. The molecule has 0 amide bonds. The van der Waals surface area contributed by atoms with Gasteiger partial charge < -0.3 is 0 Å². The lowest BCUT2D eigenvalue weighted by Crippen LogP contribution is -1.90. The Bertz CT molecular complexity index is 207. The molecule has 0 bridgehead atoms. The normalized spacial score (nSPS) is 14.9. The smallest absolute Gasteiger partial charge is 0.123 e. The lowest BCUT2D eigenvalue weighted by molar-refractivity contribution is 0.626. The van der Waals surface area contributed by atoms with E-state index in [1.54, 1.807) is 12.1 Å². The van der Waals surface area contributed by atoms with Crippen molar-refractivity contribution < 1.29 is 4.39 Å². The van der Waals surface area contributed by atoms with Crippen LogP contribution in [0.25, 0.3) is 0 Å². The van der Waals surface area contributed by atoms with Gasteiger partial charge in [0.25, 0.3) is 0 Å². The molecule has 0 radical (unpaired) electrons. The first-order valence-electron chi connectivity index (χ1n) is 2.94. The summed E-state index contributed by atoms with van der Waals surface area (Å²) in [6.07, 6.45) is 1.93. The molecular weight excluding hydrogens is 149 g/mol. The van der Waals surface area contributed by atoms with Gasteiger partial charge in [0.05, 0.1) is 0 Å². The first-order chi connectivity index (χ1) is 4.70. The first-order valence-corrected chi connectivity index (χ1v) is 4.80. The second-order valence-electron chi connectivity index (χ2n) is 2.09. The van der Waals surface area contributed by atoms with E-state index in [4.69, 9.17) is 5.14 Å². The number of benzene rings is 1. The van der Waals surface area contributed by atoms with Crippen molar-refractivity contribution in [2.75, 3.05) is 6.26 Å². The number of nitrogens with two attached hydrogens (primary N) is 1. The summed E-state index contributed by atoms with van der Waals surface area (Å²) in [7, 11) is 0. The van der Waals surface area contributed by atoms with E-state index >= 15 is 0 Å². The zero-order chi connectivity index (χ0) is 7.56. The third-order valence-corrected chi connectivity index (χ3v) is 2.35. The summed E-state index contributed by atoms with van der Waals surface area (Å²) in [5.74, 6) is -0.208. The predicted molar refractivity (Wildman–Crippen MR) is 43.8 cm³/mol. The van der Waals surface area contributed by atoms with Crippen molar-refractivity contribution in [1.29, 1.82) is 0 Å². The molecule has 1 atom stereocenters. The van der Waals surface area contributed by atoms with Crippen molar-refractivity contribution in [3.05, 3.63) is 30.1 Å². The second kappa shape index (κ2) is 3.03. The molecule has 10 heavy (non-hydrogen) atoms. The fraction of sp³-hybridized carbons (Fsp3) is 0.143. The average molecular weight is 159 g/mol. The van der Waals surface area contributed by atoms with Gasteiger partial charge in [-0.15, -0.1) is 0 Å². The Kier molecular flexibility index (Phi) is 2.29. The van der Waals surface area contributed by atoms with Crippen LogP contribution < -0.4 is 5.14 Å². The summed E-state index contributed by atoms with van der Waals surface area (Å²) in [4.78, 5) is 1.02. The van der Waals surface area contributed by atoms with Crippen LogP contribution in [0.1, 0.15) is 0 Å². The summed E-state index contributed by atoms with van der Waals surface area (Å²) >= 11 is -0.575. The topological polar surface area (TPSA) is 26.0 Å². The molecule has 0 saturated carbocycles. The number of hydrogen-bond donors (Lipinski definition) is 2. The Morgan fingerprint density at radius 1 is 1.30 bits per heavy atom. The highest BCUT2D eigenvalue weighted by atomic mass is 32.2. The van der Waals surface area contributed by atoms with Crippen molar-refractivity contribution >= 4 is 11.1 Å². The molecule has 0 aliphatic rings. The van der Waals surface area contributed by atoms with Gasteiger partial charge >= 0.3 is 0 Å². The van der Waals surface area contributed by atoms with Gasteiger partial charge in [0.15, 0.2) is 0 Å². The fourth-order valence-electron chi connectivity index (χ4n) is 0.676. The van der Waals surface area contributed by atoms with Crippen molar-refractivity contribution in [2.45, 2.75) is 4.90 Å². The highest BCUT2D eigenvalue weighted by molar-refractivity contribution is 8.14. The standard InChI is InChI=1S/C7H10FNS/c1-10(9)7-4-2-6(8)3-5-7/h2-5,10H,9H2,1H3. The zero-order valence-electron chi connectivity index (χ0n) is 5.71. The minimum Gasteiger partial charge on any atom is -0.293 e. The lowest BCUT2D eigenvalue weighted by atomic mass is 10.4. The highest BCUT2D eigenvalue weighted by Crippen LogP contribution is 2.23. The maximum absolute atomic E-state index is 12.3. The molecule has 3 heteroatoms. The average Bonchev–Trinajstić information content (AvgIpc) is 1.88. The summed E-state index contributed by atoms with van der Waals surface area (Å²) in [5.41, 5.74) is 0. The summed E-state index contributed by atoms with van der Waals surface area (Å²) in [5, 5.41) is 5.61. The summed E-state index contributed by atoms with van der Waals surface area (Å²) < 4.78 is 12.3. The van der Waals surface area contributed by atoms with E-state index in [1.165, 1.54) is 12.1 Å². The third kappa shape index (κ3) is 1.72. The Labute approximate surface area is 62.5 Å². The summed E-state index contributed by atoms with van der Waals surface area (Å²) in [6, 6.07) is 6.31. The van der Waals surface area contributed by atoms with Gasteiger partial charge in [-0.3, -0.25) is 5.14 Å². The van der Waals surface area contributed by atoms with Crippen molar-refractivity contribution in [1.82, 2.24) is 0 Å². The molecule has 0 heterocycles. The minimum absolute atomic E-state index is 0.208. The Morgan fingerprint density at radius 3 is 2.20 bits per heavy atom. The largest absolute Gasteiger partial charge is 0.293 e. The molecular formula is C7H10FNS. The Hall–Kier alpha value is -0.540. The van der Waals surface area contributed by atoms with Gasteiger partial charge in [0.2, 0.25) is 0 Å². The van der Waals surface area contributed by atoms with Crippen molar-refractivity contribution in [3.8, 4) is 0 Å². The SMILES string of the molecule is C[SH](N)c1ccc(F)cc1. The Balaban J connectivity index is 2.89. The molecule has 2 N–H and O–H groups in total. The molecule has 0 aromatic heterocycles. The first kappa shape index (κ1) is 7.57. The molecule has 0 aliphatic heterocycles. The fourth-order valence-corrected chi connectivity index (χ4v) is 1.30. The molecule has 1 rings (SSSR count). The van der Waals surface area contributed by atoms with Crippen LogP contribution >= 0.6 is 11.1 Å². The number of thiol groups is 1. The van der Waals surface area contributed by atoms with E-state index in [0.717, 1.165) is 4.90 Å². The van der Waals surface area contributed by atoms with Crippen LogP contribution in [0.15, 0.2) is 29.2 Å². The molecule has 0 aliphatic carbocycles. The predicted octanol–water partition coefficient (Wildman–Crippen LogP) is 1.69. The van der Waals surface area contributed by atoms with E-state index in [-0.39, 0.29) is 5.82 Å². The molecule has 0 spiro atoms. The van der Waals surface area contributed by atoms with E-state index < -0.39 is 11.1 Å². The number of rotatable bonds is 1. The quantitative estimate of drug-likeness (QED) is 0.599. The molecule has 1 aromatic carbocycles. The Morgan fingerprint density at radius 2 is 1.80 bits per heavy atom. The second-order valence-corrected chi connectivity index (χ2v) is 3.83. The van der Waals surface area contributed by atoms with E-state index in [0.29, 0.717) is 0 Å². The van der Waals surface area contributed by atoms with Gasteiger partial charge in [-0.25, -0.2) is 4.39 Å². The van der Waals surface area contributed by atoms with Crippen LogP contribution in [0.4, 0.5) is 4.39 Å². The van der Waals surface area contributed by atoms with Crippen LogP contribution in [-0.2, 0) is 0 Å². The molecule has 0 fully saturated rings. The van der Waals surface area contributed by atoms with Gasteiger partial charge in [-0.2, -0.15) is 11.1 Å². The van der Waals surface area contributed by atoms with Gasteiger partial charge in [-0.05, 0) is 35.4 Å². The highest BCUT2D eigenvalue weighted by Gasteiger charge is 1.93. The van der Waals surface area contributed by atoms with Crippen LogP contribution in [-0.4, -0.2) is 6.26 Å². The van der Waals surface area contributed by atoms with Crippen molar-refractivity contribution in [3.63, 3.8) is 0 Å². The van der Waals surface area contributed by atoms with Gasteiger partial charge in [0, 0.05) is 0 Å². The van der Waals surface area contributed by atoms with Crippen molar-refractivity contribution in [2.24, 2.45) is 5.14 Å². The zero-order valence-corrected chi connectivity index (χ0v) is 6.61. The molecule has 56 valence electrons. The minimum atomic E-state index is -0.575. The van der Waals surface area contributed by atoms with Crippen LogP contribution in [0.5, 0.6) is 0 Å². The molecule has 0 saturated heterocycles. The van der Waals surface area contributed by atoms with Crippen LogP contribution in [0.2, 0.25) is 0 Å². The monoisotopic (exact) mass is 159 g/mol. The number of halogens is 1. The van der Waals surface area contributed by atoms with Gasteiger partial charge in [0.1, 0.15) is 5.82 Å². The van der Waals surface area contributed by atoms with Crippen LogP contribution in [0, 0.1) is 5.82 Å². The van der Waals surface area contributed by atoms with E-state index in [9.17, 15) is 4.39 Å². The molecule has 1 unspecified atom stereocenters. The maximum atomic E-state index is 12.3. The van der Waals surface area contributed by atoms with E-state index in [1.807, 2.05) is 6.26 Å². The molecule has 1 aromatic rings. The number of hydrogen-bond acceptors (Lipinski definition) is 1. The van der Waals surface area contributed by atoms with Crippen LogP contribution in [0.3, 0.4) is 0 Å². The van der Waals surface area contributed by atoms with E-state index in [2.05, 4.69) is 0 Å².